The third-order valence-corrected chi connectivity index (χ3v) is 3.14. The second-order valence-electron chi connectivity index (χ2n) is 4.70. The standard InChI is InChI=1S/C16H24FN/c1-4-6-7-11-15(18-12-5-2)14-10-8-9-13(3)16(14)17/h4,8-10,15,18H,1,5-7,11-12H2,2-3H3. The molecule has 0 heterocycles. The van der Waals surface area contributed by atoms with Crippen LogP contribution < -0.4 is 5.32 Å². The van der Waals surface area contributed by atoms with E-state index in [-0.39, 0.29) is 11.9 Å². The monoisotopic (exact) mass is 249 g/mol. The Bertz CT molecular complexity index is 373. The van der Waals surface area contributed by atoms with E-state index < -0.39 is 0 Å². The van der Waals surface area contributed by atoms with Gasteiger partial charge < -0.3 is 5.32 Å². The second kappa shape index (κ2) is 8.04. The molecule has 1 aromatic rings. The SMILES string of the molecule is C=CCCCC(NCCC)c1cccc(C)c1F. The highest BCUT2D eigenvalue weighted by molar-refractivity contribution is 5.27. The van der Waals surface area contributed by atoms with Gasteiger partial charge in [-0.2, -0.15) is 0 Å². The van der Waals surface area contributed by atoms with Gasteiger partial charge in [0.1, 0.15) is 5.82 Å². The Kier molecular flexibility index (Phi) is 6.66. The molecule has 0 saturated heterocycles. The van der Waals surface area contributed by atoms with Gasteiger partial charge in [0.2, 0.25) is 0 Å². The van der Waals surface area contributed by atoms with Gasteiger partial charge in [-0.1, -0.05) is 31.2 Å². The highest BCUT2D eigenvalue weighted by atomic mass is 19.1. The first-order chi connectivity index (χ1) is 8.70. The molecule has 1 aromatic carbocycles. The molecule has 0 aliphatic heterocycles. The minimum atomic E-state index is -0.0651. The van der Waals surface area contributed by atoms with E-state index in [2.05, 4.69) is 18.8 Å². The summed E-state index contributed by atoms with van der Waals surface area (Å²) in [5, 5.41) is 3.44. The van der Waals surface area contributed by atoms with Gasteiger partial charge in [-0.25, -0.2) is 4.39 Å². The van der Waals surface area contributed by atoms with Gasteiger partial charge in [-0.15, -0.1) is 6.58 Å². The fourth-order valence-corrected chi connectivity index (χ4v) is 2.09. The van der Waals surface area contributed by atoms with Gasteiger partial charge in [0, 0.05) is 11.6 Å². The van der Waals surface area contributed by atoms with Gasteiger partial charge in [-0.3, -0.25) is 0 Å². The fraction of sp³-hybridized carbons (Fsp3) is 0.500. The molecule has 0 amide bonds. The highest BCUT2D eigenvalue weighted by Crippen LogP contribution is 2.24. The van der Waals surface area contributed by atoms with Crippen molar-refractivity contribution < 1.29 is 4.39 Å². The number of hydrogen-bond donors (Lipinski definition) is 1. The predicted octanol–water partition coefficient (Wildman–Crippen LogP) is 4.53. The van der Waals surface area contributed by atoms with E-state index in [0.29, 0.717) is 0 Å². The molecule has 1 atom stereocenters. The van der Waals surface area contributed by atoms with Gasteiger partial charge in [0.25, 0.3) is 0 Å². The first kappa shape index (κ1) is 14.9. The molecule has 0 saturated carbocycles. The van der Waals surface area contributed by atoms with Crippen LogP contribution in [0.5, 0.6) is 0 Å². The zero-order chi connectivity index (χ0) is 13.4. The summed E-state index contributed by atoms with van der Waals surface area (Å²) in [6.45, 7) is 8.60. The van der Waals surface area contributed by atoms with Crippen molar-refractivity contribution in [3.05, 3.63) is 47.8 Å². The number of rotatable bonds is 8. The zero-order valence-corrected chi connectivity index (χ0v) is 11.5. The van der Waals surface area contributed by atoms with Crippen molar-refractivity contribution >= 4 is 0 Å². The molecule has 100 valence electrons. The van der Waals surface area contributed by atoms with Crippen LogP contribution in [0, 0.1) is 12.7 Å². The molecule has 1 unspecified atom stereocenters. The molecular formula is C16H24FN. The Morgan fingerprint density at radius 3 is 2.89 bits per heavy atom. The first-order valence-electron chi connectivity index (χ1n) is 6.80. The van der Waals surface area contributed by atoms with Gasteiger partial charge in [-0.05, 0) is 44.7 Å². The number of hydrogen-bond acceptors (Lipinski definition) is 1. The molecule has 0 aliphatic carbocycles. The molecule has 18 heavy (non-hydrogen) atoms. The normalized spacial score (nSPS) is 12.4. The lowest BCUT2D eigenvalue weighted by Gasteiger charge is -2.20. The minimum absolute atomic E-state index is 0.0651. The third kappa shape index (κ3) is 4.26. The van der Waals surface area contributed by atoms with Gasteiger partial charge in [0.15, 0.2) is 0 Å². The molecule has 0 aliphatic rings. The Labute approximate surface area is 110 Å². The number of nitrogens with one attached hydrogen (secondary N) is 1. The Morgan fingerprint density at radius 1 is 1.44 bits per heavy atom. The Morgan fingerprint density at radius 2 is 2.22 bits per heavy atom. The smallest absolute Gasteiger partial charge is 0.130 e. The number of benzene rings is 1. The van der Waals surface area contributed by atoms with Crippen molar-refractivity contribution in [2.24, 2.45) is 0 Å². The average Bonchev–Trinajstić information content (AvgIpc) is 2.37. The maximum Gasteiger partial charge on any atom is 0.130 e. The molecule has 1 N–H and O–H groups in total. The van der Waals surface area contributed by atoms with Crippen molar-refractivity contribution in [1.82, 2.24) is 5.32 Å². The number of allylic oxidation sites excluding steroid dienone is 1. The largest absolute Gasteiger partial charge is 0.310 e. The van der Waals surface area contributed by atoms with E-state index in [1.807, 2.05) is 31.2 Å². The van der Waals surface area contributed by atoms with Crippen LogP contribution in [0.4, 0.5) is 4.39 Å². The zero-order valence-electron chi connectivity index (χ0n) is 11.5. The summed E-state index contributed by atoms with van der Waals surface area (Å²) in [6, 6.07) is 5.76. The Hall–Kier alpha value is -1.15. The van der Waals surface area contributed by atoms with Gasteiger partial charge >= 0.3 is 0 Å². The molecule has 0 spiro atoms. The van der Waals surface area contributed by atoms with E-state index in [1.165, 1.54) is 0 Å². The van der Waals surface area contributed by atoms with Crippen LogP contribution in [0.1, 0.15) is 49.8 Å². The summed E-state index contributed by atoms with van der Waals surface area (Å²) in [4.78, 5) is 0. The van der Waals surface area contributed by atoms with Crippen LogP contribution in [0.2, 0.25) is 0 Å². The molecule has 0 radical (unpaired) electrons. The van der Waals surface area contributed by atoms with E-state index >= 15 is 0 Å². The molecule has 0 fully saturated rings. The highest BCUT2D eigenvalue weighted by Gasteiger charge is 2.15. The van der Waals surface area contributed by atoms with Crippen LogP contribution in [0.15, 0.2) is 30.9 Å². The second-order valence-corrected chi connectivity index (χ2v) is 4.70. The molecule has 0 bridgehead atoms. The van der Waals surface area contributed by atoms with Crippen molar-refractivity contribution in [3.8, 4) is 0 Å². The van der Waals surface area contributed by atoms with Crippen LogP contribution in [-0.2, 0) is 0 Å². The molecule has 1 nitrogen and oxygen atoms in total. The van der Waals surface area contributed by atoms with Crippen LogP contribution in [-0.4, -0.2) is 6.54 Å². The molecule has 1 rings (SSSR count). The van der Waals surface area contributed by atoms with E-state index in [1.54, 1.807) is 0 Å². The topological polar surface area (TPSA) is 12.0 Å². The quantitative estimate of drug-likeness (QED) is 0.527. The summed E-state index contributed by atoms with van der Waals surface area (Å²) in [5.74, 6) is -0.0651. The first-order valence-corrected chi connectivity index (χ1v) is 6.80. The van der Waals surface area contributed by atoms with E-state index in [9.17, 15) is 4.39 Å². The number of halogens is 1. The maximum absolute atomic E-state index is 14.1. The number of aryl methyl sites for hydroxylation is 1. The van der Waals surface area contributed by atoms with Crippen molar-refractivity contribution in [2.75, 3.05) is 6.54 Å². The summed E-state index contributed by atoms with van der Waals surface area (Å²) >= 11 is 0. The minimum Gasteiger partial charge on any atom is -0.310 e. The summed E-state index contributed by atoms with van der Waals surface area (Å²) < 4.78 is 14.1. The lowest BCUT2D eigenvalue weighted by atomic mass is 9.98. The van der Waals surface area contributed by atoms with Gasteiger partial charge in [0.05, 0.1) is 0 Å². The third-order valence-electron chi connectivity index (χ3n) is 3.14. The van der Waals surface area contributed by atoms with Crippen molar-refractivity contribution in [3.63, 3.8) is 0 Å². The predicted molar refractivity (Wildman–Crippen MR) is 76.2 cm³/mol. The van der Waals surface area contributed by atoms with Crippen LogP contribution in [0.25, 0.3) is 0 Å². The summed E-state index contributed by atoms with van der Waals surface area (Å²) in [7, 11) is 0. The van der Waals surface area contributed by atoms with E-state index in [4.69, 9.17) is 0 Å². The summed E-state index contributed by atoms with van der Waals surface area (Å²) in [6.07, 6.45) is 5.96. The van der Waals surface area contributed by atoms with Crippen LogP contribution in [0.3, 0.4) is 0 Å². The van der Waals surface area contributed by atoms with E-state index in [0.717, 1.165) is 43.4 Å². The number of unbranched alkanes of at least 4 members (excludes halogenated alkanes) is 1. The summed E-state index contributed by atoms with van der Waals surface area (Å²) in [5.41, 5.74) is 1.52. The molecular weight excluding hydrogens is 225 g/mol. The Balaban J connectivity index is 2.79. The maximum atomic E-state index is 14.1. The van der Waals surface area contributed by atoms with Crippen molar-refractivity contribution in [1.29, 1.82) is 0 Å². The average molecular weight is 249 g/mol. The fourth-order valence-electron chi connectivity index (χ4n) is 2.09. The molecule has 0 aromatic heterocycles. The molecule has 2 heteroatoms. The van der Waals surface area contributed by atoms with Crippen molar-refractivity contribution in [2.45, 2.75) is 45.6 Å². The lowest BCUT2D eigenvalue weighted by Crippen LogP contribution is -2.23. The lowest BCUT2D eigenvalue weighted by molar-refractivity contribution is 0.462. The van der Waals surface area contributed by atoms with Crippen LogP contribution >= 0.6 is 0 Å².